The lowest BCUT2D eigenvalue weighted by Crippen LogP contribution is -2.26. The number of carbonyl (C=O) groups excluding carboxylic acids is 1. The lowest BCUT2D eigenvalue weighted by atomic mass is 10.2. The Morgan fingerprint density at radius 3 is 3.04 bits per heavy atom. The number of hydrogen-bond donors (Lipinski definition) is 2. The standard InChI is InChI=1S/C17H20N4O4/c1-23-8-2-6-18-16(22)13-5-7-19-17(21-13)20-10-12-3-4-14-15(9-12)25-11-24-14/h3-5,7,9H,2,6,8,10-11H2,1H3,(H,18,22)(H,19,20,21). The molecule has 0 radical (unpaired) electrons. The van der Waals surface area contributed by atoms with Crippen molar-refractivity contribution in [2.45, 2.75) is 13.0 Å². The summed E-state index contributed by atoms with van der Waals surface area (Å²) in [6, 6.07) is 7.29. The molecule has 132 valence electrons. The number of aromatic nitrogens is 2. The van der Waals surface area contributed by atoms with Crippen molar-refractivity contribution in [2.24, 2.45) is 0 Å². The summed E-state index contributed by atoms with van der Waals surface area (Å²) in [7, 11) is 1.63. The summed E-state index contributed by atoms with van der Waals surface area (Å²) in [6.45, 7) is 1.90. The second kappa shape index (κ2) is 8.29. The molecule has 0 saturated heterocycles. The number of hydrogen-bond acceptors (Lipinski definition) is 7. The number of methoxy groups -OCH3 is 1. The van der Waals surface area contributed by atoms with E-state index in [2.05, 4.69) is 20.6 Å². The van der Waals surface area contributed by atoms with E-state index in [1.165, 1.54) is 0 Å². The first-order valence-corrected chi connectivity index (χ1v) is 7.99. The minimum Gasteiger partial charge on any atom is -0.454 e. The van der Waals surface area contributed by atoms with Crippen LogP contribution in [-0.4, -0.2) is 42.9 Å². The topological polar surface area (TPSA) is 94.6 Å². The Bertz CT molecular complexity index is 738. The molecule has 1 aromatic carbocycles. The van der Waals surface area contributed by atoms with E-state index >= 15 is 0 Å². The van der Waals surface area contributed by atoms with Crippen molar-refractivity contribution in [3.8, 4) is 11.5 Å². The molecule has 2 N–H and O–H groups in total. The number of benzene rings is 1. The molecule has 0 bridgehead atoms. The molecule has 0 aliphatic carbocycles. The molecule has 25 heavy (non-hydrogen) atoms. The molecule has 1 aromatic heterocycles. The SMILES string of the molecule is COCCCNC(=O)c1ccnc(NCc2ccc3c(c2)OCO3)n1. The third-order valence-corrected chi connectivity index (χ3v) is 3.59. The van der Waals surface area contributed by atoms with Gasteiger partial charge in [-0.15, -0.1) is 0 Å². The van der Waals surface area contributed by atoms with Crippen molar-refractivity contribution >= 4 is 11.9 Å². The first-order valence-electron chi connectivity index (χ1n) is 7.99. The molecule has 0 spiro atoms. The molecule has 1 aliphatic heterocycles. The lowest BCUT2D eigenvalue weighted by molar-refractivity contribution is 0.0943. The Kier molecular flexibility index (Phi) is 5.63. The molecule has 2 aromatic rings. The van der Waals surface area contributed by atoms with Crippen molar-refractivity contribution < 1.29 is 19.0 Å². The Balaban J connectivity index is 1.55. The van der Waals surface area contributed by atoms with Gasteiger partial charge in [-0.2, -0.15) is 0 Å². The van der Waals surface area contributed by atoms with E-state index in [1.807, 2.05) is 18.2 Å². The molecule has 0 saturated carbocycles. The molecule has 1 amide bonds. The maximum atomic E-state index is 12.1. The van der Waals surface area contributed by atoms with Gasteiger partial charge in [0.1, 0.15) is 5.69 Å². The summed E-state index contributed by atoms with van der Waals surface area (Å²) >= 11 is 0. The molecule has 8 nitrogen and oxygen atoms in total. The fraction of sp³-hybridized carbons (Fsp3) is 0.353. The number of nitrogens with zero attached hydrogens (tertiary/aromatic N) is 2. The number of amides is 1. The number of rotatable bonds is 8. The van der Waals surface area contributed by atoms with Crippen LogP contribution in [-0.2, 0) is 11.3 Å². The third-order valence-electron chi connectivity index (χ3n) is 3.59. The Morgan fingerprint density at radius 1 is 1.28 bits per heavy atom. The lowest BCUT2D eigenvalue weighted by Gasteiger charge is -2.08. The van der Waals surface area contributed by atoms with Gasteiger partial charge >= 0.3 is 0 Å². The zero-order valence-corrected chi connectivity index (χ0v) is 13.9. The highest BCUT2D eigenvalue weighted by atomic mass is 16.7. The van der Waals surface area contributed by atoms with Gasteiger partial charge in [0.2, 0.25) is 12.7 Å². The normalized spacial score (nSPS) is 12.0. The molecule has 2 heterocycles. The highest BCUT2D eigenvalue weighted by Crippen LogP contribution is 2.32. The van der Waals surface area contributed by atoms with E-state index in [0.717, 1.165) is 23.5 Å². The van der Waals surface area contributed by atoms with E-state index in [9.17, 15) is 4.79 Å². The number of ether oxygens (including phenoxy) is 3. The molecule has 1 aliphatic rings. The predicted octanol–water partition coefficient (Wildman–Crippen LogP) is 1.58. The van der Waals surface area contributed by atoms with E-state index in [0.29, 0.717) is 31.3 Å². The Labute approximate surface area is 145 Å². The van der Waals surface area contributed by atoms with Crippen LogP contribution in [0.1, 0.15) is 22.5 Å². The van der Waals surface area contributed by atoms with Crippen LogP contribution in [0.4, 0.5) is 5.95 Å². The van der Waals surface area contributed by atoms with Gasteiger partial charge in [0.05, 0.1) is 0 Å². The molecule has 8 heteroatoms. The highest BCUT2D eigenvalue weighted by molar-refractivity contribution is 5.92. The van der Waals surface area contributed by atoms with Gasteiger partial charge in [-0.25, -0.2) is 9.97 Å². The molecular formula is C17H20N4O4. The van der Waals surface area contributed by atoms with Crippen LogP contribution in [0.2, 0.25) is 0 Å². The Hall–Kier alpha value is -2.87. The van der Waals surface area contributed by atoms with Crippen LogP contribution in [0, 0.1) is 0 Å². The summed E-state index contributed by atoms with van der Waals surface area (Å²) in [5, 5.41) is 5.90. The zero-order valence-electron chi connectivity index (χ0n) is 13.9. The monoisotopic (exact) mass is 344 g/mol. The maximum Gasteiger partial charge on any atom is 0.270 e. The smallest absolute Gasteiger partial charge is 0.270 e. The van der Waals surface area contributed by atoms with Gasteiger partial charge in [-0.1, -0.05) is 6.07 Å². The summed E-state index contributed by atoms with van der Waals surface area (Å²) < 4.78 is 15.6. The third kappa shape index (κ3) is 4.57. The molecule has 0 atom stereocenters. The van der Waals surface area contributed by atoms with Crippen molar-refractivity contribution in [1.29, 1.82) is 0 Å². The van der Waals surface area contributed by atoms with Crippen LogP contribution in [0.5, 0.6) is 11.5 Å². The van der Waals surface area contributed by atoms with Crippen LogP contribution >= 0.6 is 0 Å². The average molecular weight is 344 g/mol. The minimum atomic E-state index is -0.232. The van der Waals surface area contributed by atoms with Crippen molar-refractivity contribution in [1.82, 2.24) is 15.3 Å². The number of fused-ring (bicyclic) bond motifs is 1. The Morgan fingerprint density at radius 2 is 2.16 bits per heavy atom. The fourth-order valence-electron chi connectivity index (χ4n) is 2.31. The van der Waals surface area contributed by atoms with Crippen LogP contribution < -0.4 is 20.1 Å². The first kappa shape index (κ1) is 17.0. The summed E-state index contributed by atoms with van der Waals surface area (Å²) in [5.41, 5.74) is 1.32. The quantitative estimate of drug-likeness (QED) is 0.702. The zero-order chi connectivity index (χ0) is 17.5. The van der Waals surface area contributed by atoms with Crippen molar-refractivity contribution in [3.05, 3.63) is 41.7 Å². The van der Waals surface area contributed by atoms with E-state index < -0.39 is 0 Å². The first-order chi connectivity index (χ1) is 12.3. The van der Waals surface area contributed by atoms with Crippen LogP contribution in [0.25, 0.3) is 0 Å². The summed E-state index contributed by atoms with van der Waals surface area (Å²) in [6.07, 6.45) is 2.31. The van der Waals surface area contributed by atoms with Crippen LogP contribution in [0.15, 0.2) is 30.5 Å². The largest absolute Gasteiger partial charge is 0.454 e. The predicted molar refractivity (Wildman–Crippen MR) is 90.7 cm³/mol. The van der Waals surface area contributed by atoms with E-state index in [-0.39, 0.29) is 12.7 Å². The summed E-state index contributed by atoms with van der Waals surface area (Å²) in [4.78, 5) is 20.4. The highest BCUT2D eigenvalue weighted by Gasteiger charge is 2.13. The molecular weight excluding hydrogens is 324 g/mol. The molecule has 0 fully saturated rings. The fourth-order valence-corrected chi connectivity index (χ4v) is 2.31. The average Bonchev–Trinajstić information content (AvgIpc) is 3.11. The van der Waals surface area contributed by atoms with Gasteiger partial charge in [0, 0.05) is 33.0 Å². The number of anilines is 1. The van der Waals surface area contributed by atoms with E-state index in [1.54, 1.807) is 19.4 Å². The second-order valence-electron chi connectivity index (χ2n) is 5.41. The van der Waals surface area contributed by atoms with Gasteiger partial charge < -0.3 is 24.8 Å². The summed E-state index contributed by atoms with van der Waals surface area (Å²) in [5.74, 6) is 1.63. The minimum absolute atomic E-state index is 0.232. The van der Waals surface area contributed by atoms with Crippen LogP contribution in [0.3, 0.4) is 0 Å². The number of carbonyl (C=O) groups is 1. The van der Waals surface area contributed by atoms with Crippen molar-refractivity contribution in [2.75, 3.05) is 32.4 Å². The maximum absolute atomic E-state index is 12.1. The van der Waals surface area contributed by atoms with Crippen molar-refractivity contribution in [3.63, 3.8) is 0 Å². The molecule has 3 rings (SSSR count). The van der Waals surface area contributed by atoms with Gasteiger partial charge in [-0.05, 0) is 30.2 Å². The second-order valence-corrected chi connectivity index (χ2v) is 5.41. The van der Waals surface area contributed by atoms with Gasteiger partial charge in [-0.3, -0.25) is 4.79 Å². The van der Waals surface area contributed by atoms with Gasteiger partial charge in [0.15, 0.2) is 11.5 Å². The van der Waals surface area contributed by atoms with Gasteiger partial charge in [0.25, 0.3) is 5.91 Å². The van der Waals surface area contributed by atoms with E-state index in [4.69, 9.17) is 14.2 Å². The molecule has 0 unspecified atom stereocenters. The number of nitrogens with one attached hydrogen (secondary N) is 2.